The van der Waals surface area contributed by atoms with Gasteiger partial charge in [0.1, 0.15) is 11.4 Å². The normalized spacial score (nSPS) is 33.2. The Balaban J connectivity index is 1.83. The Morgan fingerprint density at radius 3 is 2.90 bits per heavy atom. The van der Waals surface area contributed by atoms with Crippen molar-refractivity contribution in [2.45, 2.75) is 31.9 Å². The lowest BCUT2D eigenvalue weighted by atomic mass is 9.48. The molecule has 0 aromatic heterocycles. The van der Waals surface area contributed by atoms with Crippen LogP contribution in [0.5, 0.6) is 0 Å². The number of hydrogen-bond donors (Lipinski definition) is 2. The van der Waals surface area contributed by atoms with Gasteiger partial charge in [0.2, 0.25) is 5.91 Å². The highest BCUT2D eigenvalue weighted by Gasteiger charge is 2.71. The third-order valence-corrected chi connectivity index (χ3v) is 5.61. The molecule has 1 heterocycles. The van der Waals surface area contributed by atoms with Crippen molar-refractivity contribution in [2.24, 2.45) is 17.1 Å². The fourth-order valence-electron chi connectivity index (χ4n) is 3.65. The molecule has 0 spiro atoms. The number of carbonyl (C=O) groups excluding carboxylic acids is 1. The molecule has 0 bridgehead atoms. The van der Waals surface area contributed by atoms with Gasteiger partial charge in [0.05, 0.1) is 10.6 Å². The molecule has 3 unspecified atom stereocenters. The van der Waals surface area contributed by atoms with Crippen molar-refractivity contribution in [1.82, 2.24) is 0 Å². The number of fused-ring (bicyclic) bond motifs is 1. The van der Waals surface area contributed by atoms with Crippen LogP contribution in [0.3, 0.4) is 0 Å². The van der Waals surface area contributed by atoms with E-state index in [1.54, 1.807) is 0 Å². The Hall–Kier alpha value is -0.980. The standard InChI is InChI=1S/C15H18BrFN2O2/c1-14(2)12-9(5-6-21-12)15(14,18)13(20)19-8-3-4-11(17)10(16)7-8/h3-4,7,9,12H,5-6,18H2,1-2H3,(H,19,20). The van der Waals surface area contributed by atoms with Crippen molar-refractivity contribution >= 4 is 27.5 Å². The second-order valence-corrected chi connectivity index (χ2v) is 7.21. The molecule has 3 rings (SSSR count). The number of nitrogens with two attached hydrogens (primary N) is 1. The largest absolute Gasteiger partial charge is 0.377 e. The van der Waals surface area contributed by atoms with Gasteiger partial charge < -0.3 is 15.8 Å². The van der Waals surface area contributed by atoms with E-state index in [0.29, 0.717) is 16.8 Å². The molecule has 1 aromatic rings. The van der Waals surface area contributed by atoms with Gasteiger partial charge in [-0.1, -0.05) is 13.8 Å². The summed E-state index contributed by atoms with van der Waals surface area (Å²) in [5.41, 5.74) is 5.59. The summed E-state index contributed by atoms with van der Waals surface area (Å²) in [6.07, 6.45) is 0.832. The molecule has 21 heavy (non-hydrogen) atoms. The maximum absolute atomic E-state index is 13.2. The number of ether oxygens (including phenoxy) is 1. The van der Waals surface area contributed by atoms with Gasteiger partial charge in [-0.15, -0.1) is 0 Å². The number of nitrogens with one attached hydrogen (secondary N) is 1. The number of halogens is 2. The van der Waals surface area contributed by atoms with Crippen LogP contribution in [0, 0.1) is 17.2 Å². The Kier molecular flexibility index (Phi) is 3.39. The summed E-state index contributed by atoms with van der Waals surface area (Å²) in [6, 6.07) is 4.36. The summed E-state index contributed by atoms with van der Waals surface area (Å²) < 4.78 is 19.2. The minimum atomic E-state index is -0.963. The zero-order chi connectivity index (χ0) is 15.4. The molecular formula is C15H18BrFN2O2. The number of amides is 1. The van der Waals surface area contributed by atoms with Gasteiger partial charge >= 0.3 is 0 Å². The summed E-state index contributed by atoms with van der Waals surface area (Å²) in [7, 11) is 0. The molecule has 3 atom stereocenters. The highest BCUT2D eigenvalue weighted by atomic mass is 79.9. The SMILES string of the molecule is CC1(C)C2OCCC2C1(N)C(=O)Nc1ccc(F)c(Br)c1. The average molecular weight is 357 g/mol. The zero-order valence-electron chi connectivity index (χ0n) is 12.0. The van der Waals surface area contributed by atoms with Crippen LogP contribution in [0.15, 0.2) is 22.7 Å². The number of benzene rings is 1. The smallest absolute Gasteiger partial charge is 0.245 e. The van der Waals surface area contributed by atoms with Crippen molar-refractivity contribution < 1.29 is 13.9 Å². The predicted molar refractivity (Wildman–Crippen MR) is 81.3 cm³/mol. The minimum absolute atomic E-state index is 0.0354. The van der Waals surface area contributed by atoms with Crippen LogP contribution in [-0.4, -0.2) is 24.2 Å². The van der Waals surface area contributed by atoms with Crippen LogP contribution in [0.25, 0.3) is 0 Å². The number of anilines is 1. The Morgan fingerprint density at radius 2 is 2.24 bits per heavy atom. The van der Waals surface area contributed by atoms with Gasteiger partial charge in [0, 0.05) is 23.6 Å². The van der Waals surface area contributed by atoms with Crippen molar-refractivity contribution in [3.63, 3.8) is 0 Å². The van der Waals surface area contributed by atoms with Gasteiger partial charge in [-0.3, -0.25) is 4.79 Å². The van der Waals surface area contributed by atoms with Gasteiger partial charge in [0.15, 0.2) is 0 Å². The Bertz CT molecular complexity index is 607. The van der Waals surface area contributed by atoms with Crippen molar-refractivity contribution in [3.8, 4) is 0 Å². The molecule has 114 valence electrons. The molecule has 1 saturated carbocycles. The second-order valence-electron chi connectivity index (χ2n) is 6.36. The van der Waals surface area contributed by atoms with E-state index in [9.17, 15) is 9.18 Å². The predicted octanol–water partition coefficient (Wildman–Crippen LogP) is 2.67. The lowest BCUT2D eigenvalue weighted by Crippen LogP contribution is -2.79. The number of hydrogen-bond acceptors (Lipinski definition) is 3. The zero-order valence-corrected chi connectivity index (χ0v) is 13.5. The summed E-state index contributed by atoms with van der Waals surface area (Å²) in [4.78, 5) is 12.7. The summed E-state index contributed by atoms with van der Waals surface area (Å²) in [5.74, 6) is -0.571. The van der Waals surface area contributed by atoms with Gasteiger partial charge in [-0.05, 0) is 40.5 Å². The first-order chi connectivity index (χ1) is 9.78. The highest BCUT2D eigenvalue weighted by Crippen LogP contribution is 2.58. The van der Waals surface area contributed by atoms with Crippen molar-refractivity contribution in [3.05, 3.63) is 28.5 Å². The summed E-state index contributed by atoms with van der Waals surface area (Å²) in [6.45, 7) is 4.56. The van der Waals surface area contributed by atoms with Crippen LogP contribution in [0.2, 0.25) is 0 Å². The first kappa shape index (κ1) is 14.9. The fraction of sp³-hybridized carbons (Fsp3) is 0.533. The third kappa shape index (κ3) is 1.96. The monoisotopic (exact) mass is 356 g/mol. The quantitative estimate of drug-likeness (QED) is 0.856. The van der Waals surface area contributed by atoms with Crippen LogP contribution >= 0.6 is 15.9 Å². The maximum Gasteiger partial charge on any atom is 0.245 e. The van der Waals surface area contributed by atoms with Crippen LogP contribution in [-0.2, 0) is 9.53 Å². The van der Waals surface area contributed by atoms with Crippen LogP contribution < -0.4 is 11.1 Å². The molecule has 1 aromatic carbocycles. The molecule has 3 N–H and O–H groups in total. The van der Waals surface area contributed by atoms with Crippen LogP contribution in [0.4, 0.5) is 10.1 Å². The average Bonchev–Trinajstić information content (AvgIpc) is 2.90. The third-order valence-electron chi connectivity index (χ3n) is 5.01. The molecule has 2 aliphatic rings. The summed E-state index contributed by atoms with van der Waals surface area (Å²) in [5, 5.41) is 2.80. The minimum Gasteiger partial charge on any atom is -0.377 e. The number of carbonyl (C=O) groups is 1. The lowest BCUT2D eigenvalue weighted by Gasteiger charge is -2.60. The van der Waals surface area contributed by atoms with Crippen molar-refractivity contribution in [2.75, 3.05) is 11.9 Å². The second kappa shape index (κ2) is 4.76. The van der Waals surface area contributed by atoms with E-state index in [4.69, 9.17) is 10.5 Å². The Morgan fingerprint density at radius 1 is 1.52 bits per heavy atom. The van der Waals surface area contributed by atoms with Crippen LogP contribution in [0.1, 0.15) is 20.3 Å². The fourth-order valence-corrected chi connectivity index (χ4v) is 4.03. The van der Waals surface area contributed by atoms with E-state index in [1.165, 1.54) is 18.2 Å². The van der Waals surface area contributed by atoms with E-state index in [0.717, 1.165) is 6.42 Å². The first-order valence-corrected chi connectivity index (χ1v) is 7.75. The van der Waals surface area contributed by atoms with Gasteiger partial charge in [0.25, 0.3) is 0 Å². The molecule has 1 amide bonds. The molecule has 1 saturated heterocycles. The summed E-state index contributed by atoms with van der Waals surface area (Å²) >= 11 is 3.11. The molecular weight excluding hydrogens is 339 g/mol. The van der Waals surface area contributed by atoms with E-state index >= 15 is 0 Å². The molecule has 4 nitrogen and oxygen atoms in total. The van der Waals surface area contributed by atoms with Gasteiger partial charge in [-0.25, -0.2) is 4.39 Å². The van der Waals surface area contributed by atoms with E-state index in [1.807, 2.05) is 13.8 Å². The van der Waals surface area contributed by atoms with E-state index < -0.39 is 11.0 Å². The van der Waals surface area contributed by atoms with E-state index in [-0.39, 0.29) is 23.7 Å². The maximum atomic E-state index is 13.2. The molecule has 2 fully saturated rings. The van der Waals surface area contributed by atoms with E-state index in [2.05, 4.69) is 21.2 Å². The lowest BCUT2D eigenvalue weighted by molar-refractivity contribution is -0.170. The topological polar surface area (TPSA) is 64.3 Å². The molecule has 1 aliphatic heterocycles. The first-order valence-electron chi connectivity index (χ1n) is 6.95. The number of rotatable bonds is 2. The molecule has 1 aliphatic carbocycles. The Labute approximate surface area is 131 Å². The molecule has 0 radical (unpaired) electrons. The molecule has 6 heteroatoms. The van der Waals surface area contributed by atoms with Gasteiger partial charge in [-0.2, -0.15) is 0 Å². The van der Waals surface area contributed by atoms with Crippen molar-refractivity contribution in [1.29, 1.82) is 0 Å². The highest BCUT2D eigenvalue weighted by molar-refractivity contribution is 9.10.